The molecule has 1 fully saturated rings. The normalized spacial score (nSPS) is 20.0. The van der Waals surface area contributed by atoms with E-state index in [9.17, 15) is 0 Å². The molecule has 4 heterocycles. The zero-order valence-corrected chi connectivity index (χ0v) is 13.5. The molecule has 2 aliphatic rings. The van der Waals surface area contributed by atoms with Gasteiger partial charge in [0.25, 0.3) is 0 Å². The number of rotatable bonds is 0. The van der Waals surface area contributed by atoms with Crippen molar-refractivity contribution in [2.24, 2.45) is 0 Å². The van der Waals surface area contributed by atoms with Gasteiger partial charge in [0, 0.05) is 12.6 Å². The molecular weight excluding hydrogens is 278 g/mol. The number of aromatic nitrogens is 3. The maximum absolute atomic E-state index is 5.88. The summed E-state index contributed by atoms with van der Waals surface area (Å²) in [7, 11) is 0. The van der Waals surface area contributed by atoms with Crippen LogP contribution in [0.15, 0.2) is 6.07 Å². The standard InChI is InChI=1S/C14H17N5O.C2H6/c1-8-16-10-5-12(15)18-11-7-20-6-9-3-2-4-19(9)14(17-8)13(10)11;1-2/h5,9H,2-4,6-7H2,1H3,(H2,15,18);1-2H3. The highest BCUT2D eigenvalue weighted by molar-refractivity contribution is 5.93. The molecule has 1 saturated heterocycles. The first-order chi connectivity index (χ1) is 10.7. The Bertz CT molecular complexity index is 683. The van der Waals surface area contributed by atoms with Crippen LogP contribution in [0.5, 0.6) is 0 Å². The van der Waals surface area contributed by atoms with E-state index < -0.39 is 0 Å². The van der Waals surface area contributed by atoms with Gasteiger partial charge in [-0.1, -0.05) is 13.8 Å². The van der Waals surface area contributed by atoms with Crippen LogP contribution in [0.3, 0.4) is 0 Å². The maximum Gasteiger partial charge on any atom is 0.142 e. The zero-order chi connectivity index (χ0) is 15.7. The van der Waals surface area contributed by atoms with Crippen molar-refractivity contribution in [2.75, 3.05) is 23.8 Å². The molecule has 1 unspecified atom stereocenters. The SMILES string of the molecule is CC.Cc1nc2c3c(nc(N)cc3n1)COCC1CCCN21. The van der Waals surface area contributed by atoms with E-state index in [1.165, 1.54) is 6.42 Å². The van der Waals surface area contributed by atoms with E-state index in [1.807, 2.05) is 26.8 Å². The van der Waals surface area contributed by atoms with E-state index in [4.69, 9.17) is 10.5 Å². The van der Waals surface area contributed by atoms with E-state index in [0.717, 1.165) is 47.8 Å². The predicted octanol–water partition coefficient (Wildman–Crippen LogP) is 2.44. The van der Waals surface area contributed by atoms with Gasteiger partial charge in [-0.15, -0.1) is 0 Å². The summed E-state index contributed by atoms with van der Waals surface area (Å²) in [5.74, 6) is 2.26. The van der Waals surface area contributed by atoms with Gasteiger partial charge in [-0.05, 0) is 19.8 Å². The Kier molecular flexibility index (Phi) is 4.11. The third-order valence-corrected chi connectivity index (χ3v) is 4.07. The summed E-state index contributed by atoms with van der Waals surface area (Å²) in [5.41, 5.74) is 7.60. The summed E-state index contributed by atoms with van der Waals surface area (Å²) in [5, 5.41) is 0.997. The van der Waals surface area contributed by atoms with E-state index in [1.54, 1.807) is 0 Å². The number of anilines is 2. The minimum atomic E-state index is 0.415. The van der Waals surface area contributed by atoms with Crippen LogP contribution in [-0.2, 0) is 11.3 Å². The summed E-state index contributed by atoms with van der Waals surface area (Å²) in [6.45, 7) is 8.14. The lowest BCUT2D eigenvalue weighted by Crippen LogP contribution is -2.35. The molecule has 2 aliphatic heterocycles. The molecular formula is C16H23N5O. The van der Waals surface area contributed by atoms with Crippen molar-refractivity contribution in [1.82, 2.24) is 15.0 Å². The molecule has 2 aromatic rings. The number of aryl methyl sites for hydroxylation is 1. The Morgan fingerprint density at radius 3 is 2.91 bits per heavy atom. The van der Waals surface area contributed by atoms with Gasteiger partial charge in [0.2, 0.25) is 0 Å². The molecule has 6 heteroatoms. The van der Waals surface area contributed by atoms with Crippen LogP contribution in [0.25, 0.3) is 10.9 Å². The summed E-state index contributed by atoms with van der Waals surface area (Å²) >= 11 is 0. The van der Waals surface area contributed by atoms with Gasteiger partial charge in [-0.25, -0.2) is 15.0 Å². The van der Waals surface area contributed by atoms with Crippen LogP contribution < -0.4 is 10.6 Å². The van der Waals surface area contributed by atoms with Gasteiger partial charge in [-0.3, -0.25) is 0 Å². The average molecular weight is 301 g/mol. The topological polar surface area (TPSA) is 77.2 Å². The second-order valence-electron chi connectivity index (χ2n) is 5.49. The molecule has 0 radical (unpaired) electrons. The fourth-order valence-corrected chi connectivity index (χ4v) is 3.24. The Morgan fingerprint density at radius 1 is 1.27 bits per heavy atom. The average Bonchev–Trinajstić information content (AvgIpc) is 2.94. The summed E-state index contributed by atoms with van der Waals surface area (Å²) < 4.78 is 5.81. The van der Waals surface area contributed by atoms with Gasteiger partial charge in [0.15, 0.2) is 0 Å². The molecule has 2 N–H and O–H groups in total. The van der Waals surface area contributed by atoms with E-state index in [2.05, 4.69) is 19.9 Å². The minimum Gasteiger partial charge on any atom is -0.384 e. The molecule has 0 saturated carbocycles. The van der Waals surface area contributed by atoms with Gasteiger partial charge in [0.1, 0.15) is 17.5 Å². The van der Waals surface area contributed by atoms with Gasteiger partial charge in [-0.2, -0.15) is 0 Å². The van der Waals surface area contributed by atoms with Crippen molar-refractivity contribution < 1.29 is 4.74 Å². The Hall–Kier alpha value is -1.95. The molecule has 1 atom stereocenters. The van der Waals surface area contributed by atoms with Crippen molar-refractivity contribution >= 4 is 22.5 Å². The fraction of sp³-hybridized carbons (Fsp3) is 0.562. The summed E-state index contributed by atoms with van der Waals surface area (Å²) in [4.78, 5) is 16.0. The molecule has 0 aliphatic carbocycles. The number of nitrogen functional groups attached to an aromatic ring is 1. The smallest absolute Gasteiger partial charge is 0.142 e. The lowest BCUT2D eigenvalue weighted by Gasteiger charge is -2.29. The van der Waals surface area contributed by atoms with Crippen LogP contribution in [0.2, 0.25) is 0 Å². The highest BCUT2D eigenvalue weighted by Crippen LogP contribution is 2.34. The van der Waals surface area contributed by atoms with Gasteiger partial charge >= 0.3 is 0 Å². The third-order valence-electron chi connectivity index (χ3n) is 4.07. The van der Waals surface area contributed by atoms with Crippen molar-refractivity contribution in [1.29, 1.82) is 0 Å². The molecule has 118 valence electrons. The van der Waals surface area contributed by atoms with E-state index >= 15 is 0 Å². The quantitative estimate of drug-likeness (QED) is 0.805. The van der Waals surface area contributed by atoms with Crippen LogP contribution >= 0.6 is 0 Å². The van der Waals surface area contributed by atoms with Crippen LogP contribution in [-0.4, -0.2) is 34.1 Å². The lowest BCUT2D eigenvalue weighted by atomic mass is 10.1. The highest BCUT2D eigenvalue weighted by atomic mass is 16.5. The molecule has 6 nitrogen and oxygen atoms in total. The highest BCUT2D eigenvalue weighted by Gasteiger charge is 2.30. The van der Waals surface area contributed by atoms with Crippen LogP contribution in [0, 0.1) is 6.92 Å². The second-order valence-corrected chi connectivity index (χ2v) is 5.49. The number of pyridine rings is 1. The number of nitrogens with two attached hydrogens (primary N) is 1. The third kappa shape index (κ3) is 2.47. The first-order valence-corrected chi connectivity index (χ1v) is 8.00. The van der Waals surface area contributed by atoms with Crippen molar-refractivity contribution in [3.8, 4) is 0 Å². The first-order valence-electron chi connectivity index (χ1n) is 8.00. The number of fused-ring (bicyclic) bond motifs is 2. The Morgan fingerprint density at radius 2 is 2.09 bits per heavy atom. The Balaban J connectivity index is 0.000000693. The van der Waals surface area contributed by atoms with Crippen molar-refractivity contribution in [3.05, 3.63) is 17.6 Å². The number of hydrogen-bond acceptors (Lipinski definition) is 6. The summed E-state index contributed by atoms with van der Waals surface area (Å²) in [6.07, 6.45) is 2.33. The molecule has 0 spiro atoms. The molecule has 2 aromatic heterocycles. The minimum absolute atomic E-state index is 0.415. The van der Waals surface area contributed by atoms with Crippen molar-refractivity contribution in [2.45, 2.75) is 46.3 Å². The van der Waals surface area contributed by atoms with E-state index in [0.29, 0.717) is 18.5 Å². The van der Waals surface area contributed by atoms with Gasteiger partial charge < -0.3 is 15.4 Å². The lowest BCUT2D eigenvalue weighted by molar-refractivity contribution is 0.105. The largest absolute Gasteiger partial charge is 0.384 e. The number of ether oxygens (including phenoxy) is 1. The number of hydrogen-bond donors (Lipinski definition) is 1. The van der Waals surface area contributed by atoms with Crippen molar-refractivity contribution in [3.63, 3.8) is 0 Å². The van der Waals surface area contributed by atoms with Gasteiger partial charge in [0.05, 0.1) is 35.9 Å². The van der Waals surface area contributed by atoms with E-state index in [-0.39, 0.29) is 0 Å². The Labute approximate surface area is 130 Å². The summed E-state index contributed by atoms with van der Waals surface area (Å²) in [6, 6.07) is 2.24. The number of nitrogens with zero attached hydrogens (tertiary/aromatic N) is 4. The first kappa shape index (κ1) is 15.0. The maximum atomic E-state index is 5.88. The van der Waals surface area contributed by atoms with Crippen LogP contribution in [0.4, 0.5) is 11.6 Å². The molecule has 4 rings (SSSR count). The monoisotopic (exact) mass is 301 g/mol. The predicted molar refractivity (Wildman–Crippen MR) is 87.9 cm³/mol. The molecule has 0 amide bonds. The molecule has 0 bridgehead atoms. The second kappa shape index (κ2) is 6.04. The fourth-order valence-electron chi connectivity index (χ4n) is 3.24. The molecule has 22 heavy (non-hydrogen) atoms. The molecule has 0 aromatic carbocycles. The van der Waals surface area contributed by atoms with Crippen LogP contribution in [0.1, 0.15) is 38.2 Å². The zero-order valence-electron chi connectivity index (χ0n) is 13.5.